The van der Waals surface area contributed by atoms with Gasteiger partial charge in [-0.3, -0.25) is 9.59 Å². The number of carboxylic acids is 1. The number of aryl methyl sites for hydroxylation is 1. The third-order valence-corrected chi connectivity index (χ3v) is 4.76. The molecule has 6 heteroatoms. The van der Waals surface area contributed by atoms with Crippen molar-refractivity contribution in [1.29, 1.82) is 0 Å². The number of H-pyrrole nitrogens is 1. The molecule has 0 aliphatic rings. The second-order valence-corrected chi connectivity index (χ2v) is 7.17. The summed E-state index contributed by atoms with van der Waals surface area (Å²) in [6.45, 7) is 0.567. The Labute approximate surface area is 177 Å². The fourth-order valence-electron chi connectivity index (χ4n) is 3.12. The summed E-state index contributed by atoms with van der Waals surface area (Å²) in [5, 5.41) is 8.71. The molecule has 2 N–H and O–H groups in total. The Morgan fingerprint density at radius 2 is 1.70 bits per heavy atom. The zero-order valence-corrected chi connectivity index (χ0v) is 17.6. The highest BCUT2D eigenvalue weighted by Crippen LogP contribution is 2.17. The number of benzene rings is 1. The number of aromatic nitrogens is 1. The molecule has 0 saturated heterocycles. The maximum absolute atomic E-state index is 11.5. The molecule has 2 rings (SSSR count). The van der Waals surface area contributed by atoms with Crippen LogP contribution in [0, 0.1) is 0 Å². The van der Waals surface area contributed by atoms with Crippen LogP contribution in [0.5, 0.6) is 11.5 Å². The van der Waals surface area contributed by atoms with E-state index >= 15 is 0 Å². The molecule has 0 saturated carbocycles. The lowest BCUT2D eigenvalue weighted by atomic mass is 10.0. The molecule has 0 atom stereocenters. The van der Waals surface area contributed by atoms with Gasteiger partial charge in [-0.2, -0.15) is 0 Å². The standard InChI is InChI=1S/C24H31NO5/c1-29-20-14-12-19(13-15-20)9-6-4-2-3-5-7-18-30-22-16-17-23(26)25-21(22)10-8-11-24(27)28/h8,10,12-17H,2-7,9,11,18H2,1H3,(H,25,26)(H,27,28)/b10-8+. The average Bonchev–Trinajstić information content (AvgIpc) is 2.74. The van der Waals surface area contributed by atoms with Gasteiger partial charge in [-0.05, 0) is 49.1 Å². The van der Waals surface area contributed by atoms with E-state index in [0.29, 0.717) is 18.1 Å². The number of methoxy groups -OCH3 is 1. The van der Waals surface area contributed by atoms with Crippen molar-refractivity contribution < 1.29 is 19.4 Å². The third kappa shape index (κ3) is 8.99. The van der Waals surface area contributed by atoms with Gasteiger partial charge in [0.25, 0.3) is 0 Å². The molecule has 1 aromatic carbocycles. The number of carboxylic acid groups (broad SMARTS) is 1. The van der Waals surface area contributed by atoms with Crippen molar-refractivity contribution in [3.05, 3.63) is 64.1 Å². The van der Waals surface area contributed by atoms with Gasteiger partial charge in [-0.1, -0.05) is 43.9 Å². The Bertz CT molecular complexity index is 855. The highest BCUT2D eigenvalue weighted by Gasteiger charge is 2.03. The van der Waals surface area contributed by atoms with Crippen molar-refractivity contribution in [2.75, 3.05) is 13.7 Å². The molecule has 0 fully saturated rings. The lowest BCUT2D eigenvalue weighted by Crippen LogP contribution is -2.08. The lowest BCUT2D eigenvalue weighted by molar-refractivity contribution is -0.135. The van der Waals surface area contributed by atoms with E-state index in [1.54, 1.807) is 19.3 Å². The number of hydrogen-bond donors (Lipinski definition) is 2. The van der Waals surface area contributed by atoms with Gasteiger partial charge in [0.05, 0.1) is 25.8 Å². The van der Waals surface area contributed by atoms with Gasteiger partial charge in [-0.25, -0.2) is 0 Å². The predicted molar refractivity (Wildman–Crippen MR) is 118 cm³/mol. The summed E-state index contributed by atoms with van der Waals surface area (Å²) >= 11 is 0. The SMILES string of the molecule is COc1ccc(CCCCCCCCOc2ccc(=O)[nH]c2/C=C/CC(=O)O)cc1. The number of unbranched alkanes of at least 4 members (excludes halogenated alkanes) is 5. The molecular weight excluding hydrogens is 382 g/mol. The van der Waals surface area contributed by atoms with Crippen molar-refractivity contribution in [3.63, 3.8) is 0 Å². The molecule has 162 valence electrons. The van der Waals surface area contributed by atoms with Crippen LogP contribution >= 0.6 is 0 Å². The van der Waals surface area contributed by atoms with Gasteiger partial charge in [-0.15, -0.1) is 0 Å². The van der Waals surface area contributed by atoms with Crippen molar-refractivity contribution >= 4 is 12.0 Å². The summed E-state index contributed by atoms with van der Waals surface area (Å²) in [6.07, 6.45) is 10.9. The molecule has 0 radical (unpaired) electrons. The van der Waals surface area contributed by atoms with Crippen LogP contribution in [0.4, 0.5) is 0 Å². The van der Waals surface area contributed by atoms with Crippen molar-refractivity contribution in [3.8, 4) is 11.5 Å². The average molecular weight is 414 g/mol. The molecule has 0 bridgehead atoms. The van der Waals surface area contributed by atoms with E-state index < -0.39 is 5.97 Å². The molecule has 0 aliphatic carbocycles. The van der Waals surface area contributed by atoms with Gasteiger partial charge in [0.15, 0.2) is 0 Å². The summed E-state index contributed by atoms with van der Waals surface area (Å²) in [7, 11) is 1.68. The number of aliphatic carboxylic acids is 1. The van der Waals surface area contributed by atoms with E-state index in [4.69, 9.17) is 14.6 Å². The largest absolute Gasteiger partial charge is 0.497 e. The lowest BCUT2D eigenvalue weighted by Gasteiger charge is -2.09. The fraction of sp³-hybridized carbons (Fsp3) is 0.417. The first kappa shape index (κ1) is 23.3. The van der Waals surface area contributed by atoms with Crippen LogP contribution in [0.2, 0.25) is 0 Å². The van der Waals surface area contributed by atoms with Crippen LogP contribution in [0.25, 0.3) is 6.08 Å². The number of carbonyl (C=O) groups is 1. The maximum atomic E-state index is 11.5. The first-order valence-electron chi connectivity index (χ1n) is 10.5. The van der Waals surface area contributed by atoms with E-state index in [0.717, 1.165) is 25.0 Å². The number of ether oxygens (including phenoxy) is 2. The van der Waals surface area contributed by atoms with Crippen LogP contribution in [0.1, 0.15) is 56.2 Å². The second kappa shape index (κ2) is 13.2. The van der Waals surface area contributed by atoms with Gasteiger partial charge < -0.3 is 19.6 Å². The van der Waals surface area contributed by atoms with E-state index in [9.17, 15) is 9.59 Å². The van der Waals surface area contributed by atoms with Crippen LogP contribution in [-0.4, -0.2) is 29.8 Å². The molecule has 2 aromatic rings. The summed E-state index contributed by atoms with van der Waals surface area (Å²) in [6, 6.07) is 11.3. The Balaban J connectivity index is 1.59. The van der Waals surface area contributed by atoms with Crippen LogP contribution < -0.4 is 15.0 Å². The van der Waals surface area contributed by atoms with Gasteiger partial charge in [0.1, 0.15) is 11.5 Å². The van der Waals surface area contributed by atoms with Crippen molar-refractivity contribution in [1.82, 2.24) is 4.98 Å². The minimum atomic E-state index is -0.920. The number of aromatic amines is 1. The van der Waals surface area contributed by atoms with E-state index in [2.05, 4.69) is 17.1 Å². The Hall–Kier alpha value is -3.02. The maximum Gasteiger partial charge on any atom is 0.307 e. The second-order valence-electron chi connectivity index (χ2n) is 7.17. The van der Waals surface area contributed by atoms with E-state index in [1.165, 1.54) is 43.4 Å². The number of hydrogen-bond acceptors (Lipinski definition) is 4. The van der Waals surface area contributed by atoms with E-state index in [-0.39, 0.29) is 12.0 Å². The Kier molecular flexibility index (Phi) is 10.3. The molecule has 6 nitrogen and oxygen atoms in total. The number of nitrogens with one attached hydrogen (secondary N) is 1. The zero-order valence-electron chi connectivity index (χ0n) is 17.6. The molecule has 30 heavy (non-hydrogen) atoms. The van der Waals surface area contributed by atoms with Gasteiger partial charge >= 0.3 is 5.97 Å². The highest BCUT2D eigenvalue weighted by molar-refractivity contribution is 5.70. The number of rotatable bonds is 14. The van der Waals surface area contributed by atoms with Crippen molar-refractivity contribution in [2.24, 2.45) is 0 Å². The van der Waals surface area contributed by atoms with Gasteiger partial charge in [0.2, 0.25) is 5.56 Å². The molecule has 0 spiro atoms. The quantitative estimate of drug-likeness (QED) is 0.433. The smallest absolute Gasteiger partial charge is 0.307 e. The summed E-state index contributed by atoms with van der Waals surface area (Å²) in [5.74, 6) is 0.540. The predicted octanol–water partition coefficient (Wildman–Crippen LogP) is 4.83. The minimum absolute atomic E-state index is 0.102. The normalized spacial score (nSPS) is 11.0. The minimum Gasteiger partial charge on any atom is -0.497 e. The molecule has 1 aromatic heterocycles. The molecule has 0 aliphatic heterocycles. The van der Waals surface area contributed by atoms with Gasteiger partial charge in [0, 0.05) is 6.07 Å². The first-order valence-corrected chi connectivity index (χ1v) is 10.5. The van der Waals surface area contributed by atoms with Crippen LogP contribution in [0.15, 0.2) is 47.3 Å². The highest BCUT2D eigenvalue weighted by atomic mass is 16.5. The molecular formula is C24H31NO5. The zero-order chi connectivity index (χ0) is 21.6. The topological polar surface area (TPSA) is 88.6 Å². The third-order valence-electron chi connectivity index (χ3n) is 4.76. The first-order chi connectivity index (χ1) is 14.6. The summed E-state index contributed by atoms with van der Waals surface area (Å²) in [5.41, 5.74) is 1.60. The van der Waals surface area contributed by atoms with Crippen molar-refractivity contribution in [2.45, 2.75) is 51.4 Å². The molecule has 1 heterocycles. The number of pyridine rings is 1. The molecule has 0 unspecified atom stereocenters. The summed E-state index contributed by atoms with van der Waals surface area (Å²) in [4.78, 5) is 24.8. The van der Waals surface area contributed by atoms with Crippen LogP contribution in [-0.2, 0) is 11.2 Å². The fourth-order valence-corrected chi connectivity index (χ4v) is 3.12. The Morgan fingerprint density at radius 3 is 2.40 bits per heavy atom. The summed E-state index contributed by atoms with van der Waals surface area (Å²) < 4.78 is 10.9. The van der Waals surface area contributed by atoms with Crippen LogP contribution in [0.3, 0.4) is 0 Å². The molecule has 0 amide bonds. The monoisotopic (exact) mass is 413 g/mol. The Morgan fingerprint density at radius 1 is 1.00 bits per heavy atom. The van der Waals surface area contributed by atoms with E-state index in [1.807, 2.05) is 12.1 Å².